The van der Waals surface area contributed by atoms with Gasteiger partial charge in [-0.05, 0) is 0 Å². The van der Waals surface area contributed by atoms with E-state index in [4.69, 9.17) is 0 Å². The second kappa shape index (κ2) is 3.46. The third-order valence-corrected chi connectivity index (χ3v) is 0.600. The van der Waals surface area contributed by atoms with Gasteiger partial charge in [0.1, 0.15) is 0 Å². The molecule has 4 heavy (non-hydrogen) atoms. The molecule has 2 nitrogen and oxygen atoms in total. The standard InChI is InChI=1S/H4N2P2/c3-1-2-4/h3-4H2/b2-1+. The quantitative estimate of drug-likeness (QED) is 0.316. The highest BCUT2D eigenvalue weighted by molar-refractivity contribution is 7.17. The average molecular weight is 94.0 g/mol. The molecule has 0 aromatic carbocycles. The molecule has 0 radical (unpaired) electrons. The van der Waals surface area contributed by atoms with Gasteiger partial charge in [-0.3, -0.25) is 0 Å². The van der Waals surface area contributed by atoms with E-state index in [0.29, 0.717) is 0 Å². The van der Waals surface area contributed by atoms with Crippen molar-refractivity contribution in [2.24, 2.45) is 9.77 Å². The molecule has 0 heterocycles. The zero-order valence-corrected chi connectivity index (χ0v) is 4.36. The molecule has 0 aromatic heterocycles. The smallest absolute Gasteiger partial charge is 0.0113 e. The van der Waals surface area contributed by atoms with E-state index in [2.05, 4.69) is 28.6 Å². The lowest BCUT2D eigenvalue weighted by Gasteiger charge is -1.53. The summed E-state index contributed by atoms with van der Waals surface area (Å²) in [5, 5.41) is 0. The van der Waals surface area contributed by atoms with Gasteiger partial charge in [0.05, 0.1) is 0 Å². The molecule has 0 aliphatic carbocycles. The predicted molar refractivity (Wildman–Crippen MR) is 24.3 cm³/mol. The molecule has 0 amide bonds. The molecular formula is H4N2P2. The Balaban J connectivity index is 2.55. The van der Waals surface area contributed by atoms with E-state index in [-0.39, 0.29) is 0 Å². The van der Waals surface area contributed by atoms with E-state index in [1.807, 2.05) is 0 Å². The lowest BCUT2D eigenvalue weighted by atomic mass is 13.2. The summed E-state index contributed by atoms with van der Waals surface area (Å²) in [5.41, 5.74) is 0. The zero-order valence-electron chi connectivity index (χ0n) is 2.05. The van der Waals surface area contributed by atoms with Crippen LogP contribution in [0.3, 0.4) is 0 Å². The van der Waals surface area contributed by atoms with Crippen LogP contribution in [-0.4, -0.2) is 0 Å². The van der Waals surface area contributed by atoms with Crippen molar-refractivity contribution < 1.29 is 0 Å². The molecule has 0 saturated heterocycles. The van der Waals surface area contributed by atoms with Gasteiger partial charge >= 0.3 is 0 Å². The molecule has 0 aromatic rings. The monoisotopic (exact) mass is 94.0 g/mol. The van der Waals surface area contributed by atoms with Crippen molar-refractivity contribution >= 4 is 18.8 Å². The summed E-state index contributed by atoms with van der Waals surface area (Å²) in [6.45, 7) is 0. The van der Waals surface area contributed by atoms with Gasteiger partial charge < -0.3 is 0 Å². The Hall–Kier alpha value is 0.460. The predicted octanol–water partition coefficient (Wildman–Crippen LogP) is 1.02. The highest BCUT2D eigenvalue weighted by atomic mass is 31.0. The van der Waals surface area contributed by atoms with Gasteiger partial charge in [-0.1, -0.05) is 0 Å². The van der Waals surface area contributed by atoms with Crippen LogP contribution < -0.4 is 0 Å². The summed E-state index contributed by atoms with van der Waals surface area (Å²) in [6.07, 6.45) is 0. The van der Waals surface area contributed by atoms with Crippen LogP contribution in [0.15, 0.2) is 9.77 Å². The number of hydrogen-bond donors (Lipinski definition) is 0. The molecule has 2 unspecified atom stereocenters. The molecule has 0 aliphatic heterocycles. The van der Waals surface area contributed by atoms with E-state index in [1.165, 1.54) is 0 Å². The van der Waals surface area contributed by atoms with Gasteiger partial charge in [0.25, 0.3) is 0 Å². The maximum atomic E-state index is 3.24. The van der Waals surface area contributed by atoms with E-state index in [1.54, 1.807) is 0 Å². The first-order valence-electron chi connectivity index (χ1n) is 0.716. The van der Waals surface area contributed by atoms with Crippen LogP contribution in [0.2, 0.25) is 0 Å². The lowest BCUT2D eigenvalue weighted by molar-refractivity contribution is 1.54. The Morgan fingerprint density at radius 1 is 1.00 bits per heavy atom. The Morgan fingerprint density at radius 2 is 1.25 bits per heavy atom. The third-order valence-electron chi connectivity index (χ3n) is 0.0667. The average Bonchev–Trinajstić information content (AvgIpc) is 1.37. The minimum absolute atomic E-state index is 2.09. The Kier molecular flexibility index (Phi) is 3.86. The van der Waals surface area contributed by atoms with Crippen molar-refractivity contribution in [3.63, 3.8) is 0 Å². The second-order valence-corrected chi connectivity index (χ2v) is 0.693. The van der Waals surface area contributed by atoms with Crippen LogP contribution in [-0.2, 0) is 0 Å². The first kappa shape index (κ1) is 4.46. The normalized spacial score (nSPS) is 9.50. The number of hydrogen-bond acceptors (Lipinski definition) is 2. The van der Waals surface area contributed by atoms with Crippen molar-refractivity contribution in [3.8, 4) is 0 Å². The van der Waals surface area contributed by atoms with Crippen molar-refractivity contribution in [3.05, 3.63) is 0 Å². The summed E-state index contributed by atoms with van der Waals surface area (Å²) in [5.74, 6) is 0. The van der Waals surface area contributed by atoms with Crippen molar-refractivity contribution in [2.75, 3.05) is 0 Å². The Bertz CT molecular complexity index is 19.2. The second-order valence-electron chi connectivity index (χ2n) is 0.231. The Morgan fingerprint density at radius 3 is 1.25 bits per heavy atom. The summed E-state index contributed by atoms with van der Waals surface area (Å²) in [7, 11) is 4.19. The van der Waals surface area contributed by atoms with Crippen LogP contribution in [0.25, 0.3) is 0 Å². The van der Waals surface area contributed by atoms with Crippen molar-refractivity contribution in [1.82, 2.24) is 0 Å². The summed E-state index contributed by atoms with van der Waals surface area (Å²) in [6, 6.07) is 0. The molecule has 2 atom stereocenters. The number of rotatable bonds is 0. The van der Waals surface area contributed by atoms with Gasteiger partial charge in [0, 0.05) is 18.8 Å². The van der Waals surface area contributed by atoms with Crippen molar-refractivity contribution in [1.29, 1.82) is 0 Å². The molecule has 0 N–H and O–H groups in total. The third kappa shape index (κ3) is 2.46. The van der Waals surface area contributed by atoms with Gasteiger partial charge in [0.15, 0.2) is 0 Å². The van der Waals surface area contributed by atoms with E-state index >= 15 is 0 Å². The molecular weight excluding hydrogens is 90.0 g/mol. The first-order valence-corrected chi connectivity index (χ1v) is 1.75. The zero-order chi connectivity index (χ0) is 3.41. The topological polar surface area (TPSA) is 24.7 Å². The fourth-order valence-corrected chi connectivity index (χ4v) is 0. The molecule has 0 bridgehead atoms. The van der Waals surface area contributed by atoms with Crippen LogP contribution in [0, 0.1) is 0 Å². The maximum absolute atomic E-state index is 3.24. The van der Waals surface area contributed by atoms with Gasteiger partial charge in [0.2, 0.25) is 0 Å². The van der Waals surface area contributed by atoms with E-state index in [9.17, 15) is 0 Å². The SMILES string of the molecule is P/N=N/P. The van der Waals surface area contributed by atoms with Crippen LogP contribution in [0.5, 0.6) is 0 Å². The molecule has 0 aliphatic rings. The van der Waals surface area contributed by atoms with Crippen LogP contribution in [0.1, 0.15) is 0 Å². The highest BCUT2D eigenvalue weighted by Crippen LogP contribution is 1.88. The van der Waals surface area contributed by atoms with E-state index in [0.717, 1.165) is 0 Å². The molecule has 24 valence electrons. The van der Waals surface area contributed by atoms with E-state index < -0.39 is 0 Å². The summed E-state index contributed by atoms with van der Waals surface area (Å²) >= 11 is 0. The summed E-state index contributed by atoms with van der Waals surface area (Å²) in [4.78, 5) is 6.48. The fourth-order valence-electron chi connectivity index (χ4n) is 0. The minimum Gasteiger partial charge on any atom is -0.175 e. The lowest BCUT2D eigenvalue weighted by Crippen LogP contribution is -1.05. The minimum atomic E-state index is 2.09. The maximum Gasteiger partial charge on any atom is 0.0113 e. The Labute approximate surface area is 29.6 Å². The molecule has 4 heteroatoms. The first-order chi connectivity index (χ1) is 1.91. The largest absolute Gasteiger partial charge is 0.175 e. The molecule has 0 saturated carbocycles. The van der Waals surface area contributed by atoms with Crippen molar-refractivity contribution in [2.45, 2.75) is 0 Å². The number of nitrogens with zero attached hydrogens (tertiary/aromatic N) is 2. The molecule has 0 rings (SSSR count). The van der Waals surface area contributed by atoms with Crippen LogP contribution >= 0.6 is 18.8 Å². The van der Waals surface area contributed by atoms with Gasteiger partial charge in [-0.25, -0.2) is 0 Å². The molecule has 0 fully saturated rings. The highest BCUT2D eigenvalue weighted by Gasteiger charge is 1.31. The van der Waals surface area contributed by atoms with Gasteiger partial charge in [-0.15, -0.1) is 0 Å². The molecule has 0 spiro atoms. The fraction of sp³-hybridized carbons (Fsp3) is 0. The van der Waals surface area contributed by atoms with Gasteiger partial charge in [-0.2, -0.15) is 9.77 Å². The van der Waals surface area contributed by atoms with Crippen LogP contribution in [0.4, 0.5) is 0 Å². The summed E-state index contributed by atoms with van der Waals surface area (Å²) < 4.78 is 0.